The summed E-state index contributed by atoms with van der Waals surface area (Å²) < 4.78 is 24.1. The summed E-state index contributed by atoms with van der Waals surface area (Å²) in [6, 6.07) is 4.39. The Labute approximate surface area is 117 Å². The summed E-state index contributed by atoms with van der Waals surface area (Å²) in [6.45, 7) is 0.671. The van der Waals surface area contributed by atoms with E-state index in [1.54, 1.807) is 16.9 Å². The molecule has 0 saturated heterocycles. The van der Waals surface area contributed by atoms with Crippen LogP contribution in [0.4, 0.5) is 11.4 Å². The van der Waals surface area contributed by atoms with Crippen LogP contribution in [0.25, 0.3) is 0 Å². The molecule has 1 aromatic carbocycles. The Bertz CT molecular complexity index is 708. The van der Waals surface area contributed by atoms with Crippen LogP contribution in [-0.4, -0.2) is 24.7 Å². The van der Waals surface area contributed by atoms with Crippen LogP contribution >= 0.6 is 0 Å². The zero-order chi connectivity index (χ0) is 14.8. The number of hydrogen-bond donors (Lipinski definition) is 3. The zero-order valence-corrected chi connectivity index (χ0v) is 11.9. The van der Waals surface area contributed by atoms with Crippen LogP contribution in [0.2, 0.25) is 0 Å². The van der Waals surface area contributed by atoms with Crippen molar-refractivity contribution in [2.24, 2.45) is 12.2 Å². The monoisotopic (exact) mass is 295 g/mol. The predicted molar refractivity (Wildman–Crippen MR) is 77.6 cm³/mol. The van der Waals surface area contributed by atoms with Gasteiger partial charge in [-0.1, -0.05) is 0 Å². The van der Waals surface area contributed by atoms with Crippen LogP contribution in [-0.2, 0) is 23.5 Å². The number of nitrogens with zero attached hydrogens (tertiary/aromatic N) is 2. The van der Waals surface area contributed by atoms with Crippen molar-refractivity contribution in [2.75, 3.05) is 17.6 Å². The maximum Gasteiger partial charge on any atom is 0.238 e. The van der Waals surface area contributed by atoms with Gasteiger partial charge in [-0.15, -0.1) is 0 Å². The van der Waals surface area contributed by atoms with Crippen molar-refractivity contribution < 1.29 is 8.42 Å². The molecule has 0 bridgehead atoms. The number of aromatic nitrogens is 2. The first-order chi connectivity index (χ1) is 9.36. The molecule has 0 fully saturated rings. The Balaban J connectivity index is 2.00. The van der Waals surface area contributed by atoms with E-state index in [9.17, 15) is 8.42 Å². The third-order valence-electron chi connectivity index (χ3n) is 2.84. The van der Waals surface area contributed by atoms with Crippen molar-refractivity contribution in [1.29, 1.82) is 0 Å². The second-order valence-corrected chi connectivity index (χ2v) is 6.05. The van der Waals surface area contributed by atoms with E-state index >= 15 is 0 Å². The molecule has 0 amide bonds. The average Bonchev–Trinajstić information content (AvgIpc) is 2.76. The fourth-order valence-corrected chi connectivity index (χ4v) is 2.37. The number of sulfonamides is 1. The molecule has 8 heteroatoms. The number of aryl methyl sites for hydroxylation is 1. The number of benzene rings is 1. The van der Waals surface area contributed by atoms with Crippen LogP contribution in [0.15, 0.2) is 35.5 Å². The molecule has 1 heterocycles. The van der Waals surface area contributed by atoms with E-state index in [0.717, 1.165) is 12.0 Å². The first kappa shape index (κ1) is 14.4. The molecule has 7 nitrogen and oxygen atoms in total. The second kappa shape index (κ2) is 5.51. The third-order valence-corrected chi connectivity index (χ3v) is 3.75. The first-order valence-electron chi connectivity index (χ1n) is 6.00. The molecule has 2 aromatic rings. The van der Waals surface area contributed by atoms with Gasteiger partial charge in [0.2, 0.25) is 10.0 Å². The topological polar surface area (TPSA) is 116 Å². The summed E-state index contributed by atoms with van der Waals surface area (Å²) in [7, 11) is -1.86. The van der Waals surface area contributed by atoms with Gasteiger partial charge in [0.15, 0.2) is 0 Å². The van der Waals surface area contributed by atoms with Crippen molar-refractivity contribution in [3.05, 3.63) is 36.2 Å². The predicted octanol–water partition coefficient (Wildman–Crippen LogP) is 0.304. The highest BCUT2D eigenvalue weighted by molar-refractivity contribution is 7.89. The number of nitrogens with two attached hydrogens (primary N) is 2. The second-order valence-electron chi connectivity index (χ2n) is 4.49. The van der Waals surface area contributed by atoms with Gasteiger partial charge in [-0.2, -0.15) is 5.10 Å². The lowest BCUT2D eigenvalue weighted by Gasteiger charge is -2.09. The van der Waals surface area contributed by atoms with Gasteiger partial charge in [0, 0.05) is 19.8 Å². The zero-order valence-electron chi connectivity index (χ0n) is 11.1. The molecule has 0 aliphatic heterocycles. The van der Waals surface area contributed by atoms with Crippen LogP contribution in [0.5, 0.6) is 0 Å². The van der Waals surface area contributed by atoms with E-state index in [-0.39, 0.29) is 4.90 Å². The molecule has 0 aliphatic carbocycles. The third kappa shape index (κ3) is 3.49. The molecule has 2 rings (SSSR count). The molecule has 5 N–H and O–H groups in total. The summed E-state index contributed by atoms with van der Waals surface area (Å²) in [5, 5.41) is 12.3. The lowest BCUT2D eigenvalue weighted by Crippen LogP contribution is -2.13. The van der Waals surface area contributed by atoms with Gasteiger partial charge in [0.05, 0.1) is 22.5 Å². The minimum absolute atomic E-state index is 0.00723. The average molecular weight is 295 g/mol. The molecule has 0 spiro atoms. The maximum absolute atomic E-state index is 11.2. The number of anilines is 2. The lowest BCUT2D eigenvalue weighted by atomic mass is 10.2. The van der Waals surface area contributed by atoms with Crippen LogP contribution in [0, 0.1) is 0 Å². The van der Waals surface area contributed by atoms with E-state index in [4.69, 9.17) is 10.9 Å². The summed E-state index contributed by atoms with van der Waals surface area (Å²) in [5.74, 6) is 0. The summed E-state index contributed by atoms with van der Waals surface area (Å²) in [5.41, 5.74) is 7.95. The molecule has 20 heavy (non-hydrogen) atoms. The number of nitrogens with one attached hydrogen (secondary N) is 1. The molecular formula is C12H17N5O2S. The van der Waals surface area contributed by atoms with Gasteiger partial charge in [0.1, 0.15) is 0 Å². The van der Waals surface area contributed by atoms with Gasteiger partial charge in [-0.3, -0.25) is 4.68 Å². The highest BCUT2D eigenvalue weighted by Gasteiger charge is 2.09. The molecular weight excluding hydrogens is 278 g/mol. The normalized spacial score (nSPS) is 11.5. The van der Waals surface area contributed by atoms with Crippen molar-refractivity contribution >= 4 is 21.4 Å². The molecule has 0 atom stereocenters. The van der Waals surface area contributed by atoms with E-state index in [0.29, 0.717) is 17.9 Å². The van der Waals surface area contributed by atoms with Crippen LogP contribution < -0.4 is 16.2 Å². The van der Waals surface area contributed by atoms with E-state index in [1.807, 2.05) is 13.2 Å². The fourth-order valence-electron chi connectivity index (χ4n) is 1.82. The number of hydrogen-bond acceptors (Lipinski definition) is 5. The first-order valence-corrected chi connectivity index (χ1v) is 7.54. The molecule has 1 aromatic heterocycles. The summed E-state index contributed by atoms with van der Waals surface area (Å²) in [4.78, 5) is 0.00723. The minimum Gasteiger partial charge on any atom is -0.397 e. The quantitative estimate of drug-likeness (QED) is 0.686. The van der Waals surface area contributed by atoms with Gasteiger partial charge in [0.25, 0.3) is 0 Å². The highest BCUT2D eigenvalue weighted by atomic mass is 32.2. The standard InChI is InChI=1S/C12H17N5O2S/c1-17-8-9(7-16-17)4-5-15-12-3-2-10(6-11(12)13)20(14,18)19/h2-3,6-8,15H,4-5,13H2,1H3,(H2,14,18,19). The molecule has 108 valence electrons. The smallest absolute Gasteiger partial charge is 0.238 e. The maximum atomic E-state index is 11.2. The molecule has 0 radical (unpaired) electrons. The summed E-state index contributed by atoms with van der Waals surface area (Å²) in [6.07, 6.45) is 4.54. The van der Waals surface area contributed by atoms with Crippen molar-refractivity contribution in [3.8, 4) is 0 Å². The number of rotatable bonds is 5. The Morgan fingerprint density at radius 2 is 2.15 bits per heavy atom. The highest BCUT2D eigenvalue weighted by Crippen LogP contribution is 2.21. The Kier molecular flexibility index (Phi) is 3.96. The van der Waals surface area contributed by atoms with Crippen LogP contribution in [0.3, 0.4) is 0 Å². The number of nitrogen functional groups attached to an aromatic ring is 1. The molecule has 0 aliphatic rings. The van der Waals surface area contributed by atoms with Gasteiger partial charge in [-0.25, -0.2) is 13.6 Å². The minimum atomic E-state index is -3.72. The largest absolute Gasteiger partial charge is 0.397 e. The van der Waals surface area contributed by atoms with Gasteiger partial charge in [-0.05, 0) is 30.2 Å². The molecule has 0 saturated carbocycles. The van der Waals surface area contributed by atoms with Crippen molar-refractivity contribution in [1.82, 2.24) is 9.78 Å². The Morgan fingerprint density at radius 1 is 1.40 bits per heavy atom. The van der Waals surface area contributed by atoms with Gasteiger partial charge < -0.3 is 11.1 Å². The lowest BCUT2D eigenvalue weighted by molar-refractivity contribution is 0.598. The Hall–Kier alpha value is -2.06. The van der Waals surface area contributed by atoms with Crippen molar-refractivity contribution in [3.63, 3.8) is 0 Å². The van der Waals surface area contributed by atoms with Crippen LogP contribution in [0.1, 0.15) is 5.56 Å². The van der Waals surface area contributed by atoms with E-state index in [1.165, 1.54) is 12.1 Å². The number of primary sulfonamides is 1. The SMILES string of the molecule is Cn1cc(CCNc2ccc(S(N)(=O)=O)cc2N)cn1. The van der Waals surface area contributed by atoms with Crippen molar-refractivity contribution in [2.45, 2.75) is 11.3 Å². The molecule has 0 unspecified atom stereocenters. The van der Waals surface area contributed by atoms with Gasteiger partial charge >= 0.3 is 0 Å². The fraction of sp³-hybridized carbons (Fsp3) is 0.250. The Morgan fingerprint density at radius 3 is 2.70 bits per heavy atom. The summed E-state index contributed by atoms with van der Waals surface area (Å²) >= 11 is 0. The van der Waals surface area contributed by atoms with E-state index < -0.39 is 10.0 Å². The van der Waals surface area contributed by atoms with E-state index in [2.05, 4.69) is 10.4 Å².